The van der Waals surface area contributed by atoms with Gasteiger partial charge in [-0.05, 0) is 31.2 Å². The minimum absolute atomic E-state index is 0.0361. The quantitative estimate of drug-likeness (QED) is 0.916. The molecule has 1 aromatic heterocycles. The minimum atomic E-state index is -3.80. The third-order valence-electron chi connectivity index (χ3n) is 2.94. The zero-order chi connectivity index (χ0) is 15.5. The van der Waals surface area contributed by atoms with E-state index in [9.17, 15) is 8.42 Å². The van der Waals surface area contributed by atoms with Crippen molar-refractivity contribution in [1.29, 1.82) is 0 Å². The predicted octanol–water partition coefficient (Wildman–Crippen LogP) is 2.21. The Morgan fingerprint density at radius 1 is 1.10 bits per heavy atom. The van der Waals surface area contributed by atoms with Gasteiger partial charge < -0.3 is 9.47 Å². The fourth-order valence-electron chi connectivity index (χ4n) is 1.95. The van der Waals surface area contributed by atoms with E-state index in [4.69, 9.17) is 9.47 Å². The smallest absolute Gasteiger partial charge is 0.266 e. The fourth-order valence-corrected chi connectivity index (χ4v) is 3.18. The molecule has 1 heterocycles. The Hall–Kier alpha value is -2.28. The summed E-state index contributed by atoms with van der Waals surface area (Å²) in [5, 5.41) is 0. The van der Waals surface area contributed by atoms with Crippen LogP contribution >= 0.6 is 0 Å². The zero-order valence-corrected chi connectivity index (χ0v) is 12.8. The van der Waals surface area contributed by atoms with Gasteiger partial charge in [-0.15, -0.1) is 0 Å². The van der Waals surface area contributed by atoms with Gasteiger partial charge in [0.25, 0.3) is 10.0 Å². The first kappa shape index (κ1) is 15.1. The SMILES string of the molecule is COc1ccc(S(=O)(=O)Nc2ccccn2)c(OC)c1C. The molecule has 0 saturated carbocycles. The molecule has 0 radical (unpaired) electrons. The molecule has 0 unspecified atom stereocenters. The number of aromatic nitrogens is 1. The second kappa shape index (κ2) is 6.01. The average molecular weight is 308 g/mol. The fraction of sp³-hybridized carbons (Fsp3) is 0.214. The first-order valence-corrected chi connectivity index (χ1v) is 7.63. The van der Waals surface area contributed by atoms with Crippen molar-refractivity contribution in [2.75, 3.05) is 18.9 Å². The predicted molar refractivity (Wildman–Crippen MR) is 79.3 cm³/mol. The van der Waals surface area contributed by atoms with Gasteiger partial charge in [0.15, 0.2) is 0 Å². The Labute approximate surface area is 123 Å². The van der Waals surface area contributed by atoms with E-state index in [1.807, 2.05) is 0 Å². The van der Waals surface area contributed by atoms with Crippen LogP contribution in [0.2, 0.25) is 0 Å². The number of anilines is 1. The Morgan fingerprint density at radius 3 is 2.43 bits per heavy atom. The largest absolute Gasteiger partial charge is 0.496 e. The molecule has 0 bridgehead atoms. The van der Waals surface area contributed by atoms with Crippen LogP contribution in [0.25, 0.3) is 0 Å². The van der Waals surface area contributed by atoms with E-state index in [2.05, 4.69) is 9.71 Å². The summed E-state index contributed by atoms with van der Waals surface area (Å²) in [6.45, 7) is 1.73. The van der Waals surface area contributed by atoms with Crippen LogP contribution in [0, 0.1) is 6.92 Å². The summed E-state index contributed by atoms with van der Waals surface area (Å²) in [6, 6.07) is 8.00. The maximum atomic E-state index is 12.5. The lowest BCUT2D eigenvalue weighted by Crippen LogP contribution is -2.15. The Bertz CT molecular complexity index is 730. The first-order valence-electron chi connectivity index (χ1n) is 6.15. The topological polar surface area (TPSA) is 77.5 Å². The lowest BCUT2D eigenvalue weighted by atomic mass is 10.2. The summed E-state index contributed by atoms with van der Waals surface area (Å²) in [4.78, 5) is 3.98. The Balaban J connectivity index is 2.48. The molecule has 0 saturated heterocycles. The number of hydrogen-bond donors (Lipinski definition) is 1. The van der Waals surface area contributed by atoms with Crippen LogP contribution in [-0.2, 0) is 10.0 Å². The molecule has 0 aliphatic rings. The number of sulfonamides is 1. The van der Waals surface area contributed by atoms with E-state index in [1.54, 1.807) is 31.2 Å². The van der Waals surface area contributed by atoms with Crippen molar-refractivity contribution in [3.63, 3.8) is 0 Å². The highest BCUT2D eigenvalue weighted by Crippen LogP contribution is 2.34. The van der Waals surface area contributed by atoms with Crippen molar-refractivity contribution in [1.82, 2.24) is 4.98 Å². The van der Waals surface area contributed by atoms with Gasteiger partial charge >= 0.3 is 0 Å². The first-order chi connectivity index (χ1) is 9.99. The number of benzene rings is 1. The van der Waals surface area contributed by atoms with Gasteiger partial charge in [-0.25, -0.2) is 13.4 Å². The monoisotopic (exact) mass is 308 g/mol. The lowest BCUT2D eigenvalue weighted by molar-refractivity contribution is 0.380. The number of pyridine rings is 1. The van der Waals surface area contributed by atoms with Gasteiger partial charge in [0.1, 0.15) is 22.2 Å². The summed E-state index contributed by atoms with van der Waals surface area (Å²) in [5.74, 6) is 1.05. The standard InChI is InChI=1S/C14H16N2O4S/c1-10-11(19-2)7-8-12(14(10)20-3)21(17,18)16-13-6-4-5-9-15-13/h4-9H,1-3H3,(H,15,16). The second-order valence-corrected chi connectivity index (χ2v) is 5.90. The highest BCUT2D eigenvalue weighted by molar-refractivity contribution is 7.92. The summed E-state index contributed by atoms with van der Waals surface area (Å²) in [5.41, 5.74) is 0.615. The molecule has 0 aliphatic heterocycles. The molecule has 0 amide bonds. The van der Waals surface area contributed by atoms with Crippen molar-refractivity contribution in [2.24, 2.45) is 0 Å². The van der Waals surface area contributed by atoms with Gasteiger partial charge in [-0.3, -0.25) is 4.72 Å². The third kappa shape index (κ3) is 3.08. The molecule has 2 aromatic rings. The van der Waals surface area contributed by atoms with Gasteiger partial charge in [0.2, 0.25) is 0 Å². The van der Waals surface area contributed by atoms with Crippen LogP contribution in [0.1, 0.15) is 5.56 Å². The summed E-state index contributed by atoms with van der Waals surface area (Å²) in [7, 11) is -0.862. The normalized spacial score (nSPS) is 11.0. The number of nitrogens with one attached hydrogen (secondary N) is 1. The van der Waals surface area contributed by atoms with E-state index in [1.165, 1.54) is 26.5 Å². The third-order valence-corrected chi connectivity index (χ3v) is 4.32. The van der Waals surface area contributed by atoms with Crippen molar-refractivity contribution in [3.8, 4) is 11.5 Å². The average Bonchev–Trinajstić information content (AvgIpc) is 2.47. The van der Waals surface area contributed by atoms with Crippen LogP contribution < -0.4 is 14.2 Å². The molecule has 7 heteroatoms. The number of hydrogen-bond acceptors (Lipinski definition) is 5. The molecule has 112 valence electrons. The van der Waals surface area contributed by atoms with Crippen molar-refractivity contribution >= 4 is 15.8 Å². The van der Waals surface area contributed by atoms with Crippen molar-refractivity contribution in [3.05, 3.63) is 42.1 Å². The molecule has 1 aromatic carbocycles. The maximum absolute atomic E-state index is 12.5. The summed E-state index contributed by atoms with van der Waals surface area (Å²) in [6.07, 6.45) is 1.51. The highest BCUT2D eigenvalue weighted by Gasteiger charge is 2.23. The van der Waals surface area contributed by atoms with Crippen LogP contribution in [0.5, 0.6) is 11.5 Å². The Kier molecular flexibility index (Phi) is 4.32. The molecule has 0 fully saturated rings. The molecule has 1 N–H and O–H groups in total. The van der Waals surface area contributed by atoms with E-state index < -0.39 is 10.0 Å². The molecular weight excluding hydrogens is 292 g/mol. The number of rotatable bonds is 5. The zero-order valence-electron chi connectivity index (χ0n) is 12.0. The molecule has 6 nitrogen and oxygen atoms in total. The van der Waals surface area contributed by atoms with Gasteiger partial charge in [-0.2, -0.15) is 0 Å². The second-order valence-electron chi connectivity index (χ2n) is 4.24. The van der Waals surface area contributed by atoms with Crippen molar-refractivity contribution in [2.45, 2.75) is 11.8 Å². The van der Waals surface area contributed by atoms with Crippen molar-refractivity contribution < 1.29 is 17.9 Å². The molecule has 0 aliphatic carbocycles. The summed E-state index contributed by atoms with van der Waals surface area (Å²) < 4.78 is 37.7. The van der Waals surface area contributed by atoms with Gasteiger partial charge in [0, 0.05) is 11.8 Å². The van der Waals surface area contributed by atoms with Crippen LogP contribution in [-0.4, -0.2) is 27.6 Å². The Morgan fingerprint density at radius 2 is 1.86 bits per heavy atom. The lowest BCUT2D eigenvalue weighted by Gasteiger charge is -2.15. The van der Waals surface area contributed by atoms with Gasteiger partial charge in [0.05, 0.1) is 14.2 Å². The number of nitrogens with zero attached hydrogens (tertiary/aromatic N) is 1. The minimum Gasteiger partial charge on any atom is -0.496 e. The van der Waals surface area contributed by atoms with Crippen LogP contribution in [0.15, 0.2) is 41.4 Å². The molecular formula is C14H16N2O4S. The number of ether oxygens (including phenoxy) is 2. The number of methoxy groups -OCH3 is 2. The molecule has 0 spiro atoms. The maximum Gasteiger partial charge on any atom is 0.266 e. The van der Waals surface area contributed by atoms with E-state index in [0.29, 0.717) is 11.3 Å². The van der Waals surface area contributed by atoms with E-state index in [0.717, 1.165) is 0 Å². The molecule has 2 rings (SSSR count). The van der Waals surface area contributed by atoms with E-state index >= 15 is 0 Å². The van der Waals surface area contributed by atoms with Gasteiger partial charge in [-0.1, -0.05) is 6.07 Å². The summed E-state index contributed by atoms with van der Waals surface area (Å²) >= 11 is 0. The van der Waals surface area contributed by atoms with Crippen LogP contribution in [0.4, 0.5) is 5.82 Å². The van der Waals surface area contributed by atoms with Crippen LogP contribution in [0.3, 0.4) is 0 Å². The highest BCUT2D eigenvalue weighted by atomic mass is 32.2. The molecule has 21 heavy (non-hydrogen) atoms. The van der Waals surface area contributed by atoms with E-state index in [-0.39, 0.29) is 16.5 Å². The molecule has 0 atom stereocenters.